The summed E-state index contributed by atoms with van der Waals surface area (Å²) in [5.41, 5.74) is -0.157. The summed E-state index contributed by atoms with van der Waals surface area (Å²) in [6.07, 6.45) is 4.12. The Morgan fingerprint density at radius 3 is 2.55 bits per heavy atom. The molecule has 0 radical (unpaired) electrons. The predicted octanol–water partition coefficient (Wildman–Crippen LogP) is 4.66. The summed E-state index contributed by atoms with van der Waals surface area (Å²) in [5.74, 6) is -3.22. The first-order valence-corrected chi connectivity index (χ1v) is 11.0. The average Bonchev–Trinajstić information content (AvgIpc) is 3.05. The normalized spacial score (nSPS) is 21.8. The molecule has 0 spiro atoms. The van der Waals surface area contributed by atoms with E-state index >= 15 is 0 Å². The molecule has 2 aliphatic rings. The van der Waals surface area contributed by atoms with Crippen LogP contribution in [0.5, 0.6) is 0 Å². The monoisotopic (exact) mass is 487 g/mol. The summed E-state index contributed by atoms with van der Waals surface area (Å²) in [5, 5.41) is 13.9. The molecule has 33 heavy (non-hydrogen) atoms. The number of halogens is 2. The number of allylic oxidation sites excluding steroid dienone is 2. The van der Waals surface area contributed by atoms with Gasteiger partial charge in [0.25, 0.3) is 23.4 Å². The van der Waals surface area contributed by atoms with E-state index in [0.29, 0.717) is 17.0 Å². The fourth-order valence-corrected chi connectivity index (χ4v) is 4.69. The molecule has 0 saturated carbocycles. The van der Waals surface area contributed by atoms with Crippen LogP contribution in [0.15, 0.2) is 54.6 Å². The van der Waals surface area contributed by atoms with Gasteiger partial charge in [-0.05, 0) is 36.1 Å². The van der Waals surface area contributed by atoms with Crippen LogP contribution in [0.3, 0.4) is 0 Å². The molecule has 1 aliphatic heterocycles. The molecular weight excluding hydrogens is 469 g/mol. The highest BCUT2D eigenvalue weighted by Gasteiger charge is 2.53. The molecule has 2 aromatic carbocycles. The number of nitro groups is 1. The minimum absolute atomic E-state index is 0.182. The van der Waals surface area contributed by atoms with Crippen molar-refractivity contribution in [1.82, 2.24) is 10.0 Å². The molecule has 0 N–H and O–H groups in total. The van der Waals surface area contributed by atoms with Gasteiger partial charge in [0.2, 0.25) is 0 Å². The summed E-state index contributed by atoms with van der Waals surface area (Å²) in [6.45, 7) is 1.63. The number of hydrogen-bond acceptors (Lipinski definition) is 5. The maximum atomic E-state index is 13.6. The van der Waals surface area contributed by atoms with Gasteiger partial charge in [0.1, 0.15) is 5.56 Å². The maximum Gasteiger partial charge on any atom is 0.282 e. The standard InChI is InChI=1S/C23H19Cl2N3O5/c1-13-5-4-7-16-20(13)23(31)27(22(16)30)26(12-14-9-10-17(24)18(25)11-14)21(29)15-6-2-3-8-19(15)28(32)33/h2-6,8-11,13,16,20H,7,12H2,1H3/t13-,16+,20-/m1/s1. The molecule has 0 unspecified atom stereocenters. The van der Waals surface area contributed by atoms with Crippen molar-refractivity contribution in [2.75, 3.05) is 0 Å². The van der Waals surface area contributed by atoms with E-state index < -0.39 is 40.2 Å². The van der Waals surface area contributed by atoms with Crippen molar-refractivity contribution >= 4 is 46.6 Å². The lowest BCUT2D eigenvalue weighted by Gasteiger charge is -2.30. The molecule has 1 fully saturated rings. The Morgan fingerprint density at radius 1 is 1.15 bits per heavy atom. The Morgan fingerprint density at radius 2 is 1.88 bits per heavy atom. The molecule has 2 aromatic rings. The Bertz CT molecular complexity index is 1200. The van der Waals surface area contributed by atoms with Gasteiger partial charge in [-0.2, -0.15) is 5.01 Å². The molecule has 3 atom stereocenters. The van der Waals surface area contributed by atoms with E-state index in [1.807, 2.05) is 19.1 Å². The summed E-state index contributed by atoms with van der Waals surface area (Å²) in [7, 11) is 0. The Kier molecular flexibility index (Phi) is 6.23. The molecule has 4 rings (SSSR count). The van der Waals surface area contributed by atoms with Crippen molar-refractivity contribution in [2.24, 2.45) is 17.8 Å². The van der Waals surface area contributed by atoms with E-state index in [9.17, 15) is 24.5 Å². The second kappa shape index (κ2) is 8.96. The number of benzene rings is 2. The fourth-order valence-electron chi connectivity index (χ4n) is 4.37. The average molecular weight is 488 g/mol. The number of hydrazine groups is 1. The number of nitrogens with zero attached hydrogens (tertiary/aromatic N) is 3. The smallest absolute Gasteiger partial charge is 0.272 e. The van der Waals surface area contributed by atoms with Crippen molar-refractivity contribution in [3.8, 4) is 0 Å². The third-order valence-corrected chi connectivity index (χ3v) is 6.71. The van der Waals surface area contributed by atoms with Crippen LogP contribution in [0.4, 0.5) is 5.69 Å². The number of imide groups is 1. The van der Waals surface area contributed by atoms with E-state index in [2.05, 4.69) is 0 Å². The number of nitro benzene ring substituents is 1. The maximum absolute atomic E-state index is 13.6. The first-order valence-electron chi connectivity index (χ1n) is 10.2. The number of amides is 3. The summed E-state index contributed by atoms with van der Waals surface area (Å²) in [4.78, 5) is 51.1. The number of fused-ring (bicyclic) bond motifs is 1. The second-order valence-corrected chi connectivity index (χ2v) is 8.84. The van der Waals surface area contributed by atoms with Gasteiger partial charge in [0.05, 0.1) is 33.3 Å². The van der Waals surface area contributed by atoms with Crippen LogP contribution in [0.25, 0.3) is 0 Å². The quantitative estimate of drug-likeness (QED) is 0.264. The molecule has 1 saturated heterocycles. The topological polar surface area (TPSA) is 101 Å². The van der Waals surface area contributed by atoms with Crippen molar-refractivity contribution in [3.63, 3.8) is 0 Å². The number of para-hydroxylation sites is 1. The fraction of sp³-hybridized carbons (Fsp3) is 0.261. The minimum Gasteiger partial charge on any atom is -0.272 e. The highest BCUT2D eigenvalue weighted by atomic mass is 35.5. The van der Waals surface area contributed by atoms with Crippen molar-refractivity contribution in [2.45, 2.75) is 19.9 Å². The lowest BCUT2D eigenvalue weighted by atomic mass is 9.78. The van der Waals surface area contributed by atoms with Crippen LogP contribution >= 0.6 is 23.2 Å². The SMILES string of the molecule is C[C@@H]1C=CC[C@@H]2C(=O)N(N(Cc3ccc(Cl)c(Cl)c3)C(=O)c3ccccc3[N+](=O)[O-])C(=O)[C@H]12. The largest absolute Gasteiger partial charge is 0.282 e. The Hall–Kier alpha value is -3.23. The van der Waals surface area contributed by atoms with Gasteiger partial charge in [-0.1, -0.05) is 60.5 Å². The van der Waals surface area contributed by atoms with Crippen LogP contribution in [0, 0.1) is 27.9 Å². The lowest BCUT2D eigenvalue weighted by molar-refractivity contribution is -0.385. The molecule has 10 heteroatoms. The van der Waals surface area contributed by atoms with Crippen LogP contribution < -0.4 is 0 Å². The van der Waals surface area contributed by atoms with Gasteiger partial charge < -0.3 is 0 Å². The van der Waals surface area contributed by atoms with Crippen LogP contribution in [-0.4, -0.2) is 32.7 Å². The Balaban J connectivity index is 1.79. The van der Waals surface area contributed by atoms with Gasteiger partial charge in [-0.3, -0.25) is 24.5 Å². The van der Waals surface area contributed by atoms with Gasteiger partial charge in [-0.25, -0.2) is 5.01 Å². The van der Waals surface area contributed by atoms with Gasteiger partial charge >= 0.3 is 0 Å². The number of hydrogen-bond donors (Lipinski definition) is 0. The van der Waals surface area contributed by atoms with E-state index in [-0.39, 0.29) is 23.0 Å². The first kappa shape index (κ1) is 22.9. The summed E-state index contributed by atoms with van der Waals surface area (Å²) >= 11 is 12.1. The highest BCUT2D eigenvalue weighted by molar-refractivity contribution is 6.42. The molecule has 3 amide bonds. The summed E-state index contributed by atoms with van der Waals surface area (Å²) in [6, 6.07) is 10.1. The van der Waals surface area contributed by atoms with Crippen LogP contribution in [0.2, 0.25) is 10.0 Å². The van der Waals surface area contributed by atoms with Crippen LogP contribution in [-0.2, 0) is 16.1 Å². The zero-order chi connectivity index (χ0) is 23.9. The first-order chi connectivity index (χ1) is 15.7. The van der Waals surface area contributed by atoms with E-state index in [0.717, 1.165) is 10.0 Å². The number of rotatable bonds is 5. The molecular formula is C23H19Cl2N3O5. The van der Waals surface area contributed by atoms with Gasteiger partial charge in [0.15, 0.2) is 0 Å². The highest BCUT2D eigenvalue weighted by Crippen LogP contribution is 2.40. The second-order valence-electron chi connectivity index (χ2n) is 8.03. The number of carbonyl (C=O) groups is 3. The summed E-state index contributed by atoms with van der Waals surface area (Å²) < 4.78 is 0. The minimum atomic E-state index is -0.839. The molecule has 1 aliphatic carbocycles. The van der Waals surface area contributed by atoms with E-state index in [1.165, 1.54) is 36.4 Å². The molecule has 0 bridgehead atoms. The zero-order valence-electron chi connectivity index (χ0n) is 17.5. The van der Waals surface area contributed by atoms with Crippen molar-refractivity contribution in [1.29, 1.82) is 0 Å². The molecule has 1 heterocycles. The molecule has 0 aromatic heterocycles. The van der Waals surface area contributed by atoms with Crippen LogP contribution in [0.1, 0.15) is 29.3 Å². The third-order valence-electron chi connectivity index (χ3n) is 5.97. The lowest BCUT2D eigenvalue weighted by Crippen LogP contribution is -2.50. The molecule has 8 nitrogen and oxygen atoms in total. The zero-order valence-corrected chi connectivity index (χ0v) is 19.0. The number of carbonyl (C=O) groups excluding carboxylic acids is 3. The van der Waals surface area contributed by atoms with E-state index in [1.54, 1.807) is 6.07 Å². The van der Waals surface area contributed by atoms with Crippen molar-refractivity contribution < 1.29 is 19.3 Å². The van der Waals surface area contributed by atoms with Crippen molar-refractivity contribution in [3.05, 3.63) is 85.9 Å². The van der Waals surface area contributed by atoms with Gasteiger partial charge in [-0.15, -0.1) is 0 Å². The Labute approximate surface area is 199 Å². The molecule has 170 valence electrons. The third kappa shape index (κ3) is 4.12. The predicted molar refractivity (Wildman–Crippen MR) is 121 cm³/mol. The van der Waals surface area contributed by atoms with E-state index in [4.69, 9.17) is 23.2 Å². The van der Waals surface area contributed by atoms with Gasteiger partial charge in [0, 0.05) is 6.07 Å².